The Bertz CT molecular complexity index is 1070. The lowest BCUT2D eigenvalue weighted by Crippen LogP contribution is -2.31. The molecule has 1 aromatic heterocycles. The van der Waals surface area contributed by atoms with E-state index in [1.54, 1.807) is 0 Å². The van der Waals surface area contributed by atoms with E-state index in [9.17, 15) is 19.3 Å². The predicted molar refractivity (Wildman–Crippen MR) is 115 cm³/mol. The number of carbonyl (C=O) groups is 1. The third kappa shape index (κ3) is 5.50. The second kappa shape index (κ2) is 10.1. The summed E-state index contributed by atoms with van der Waals surface area (Å²) >= 11 is 0. The number of rotatable bonds is 9. The van der Waals surface area contributed by atoms with E-state index < -0.39 is 22.3 Å². The van der Waals surface area contributed by atoms with Crippen molar-refractivity contribution >= 4 is 28.9 Å². The Morgan fingerprint density at radius 2 is 1.81 bits per heavy atom. The summed E-state index contributed by atoms with van der Waals surface area (Å²) in [5.41, 5.74) is 5.70. The zero-order valence-electron chi connectivity index (χ0n) is 16.8. The van der Waals surface area contributed by atoms with E-state index >= 15 is 0 Å². The second-order valence-electron chi connectivity index (χ2n) is 6.66. The summed E-state index contributed by atoms with van der Waals surface area (Å²) in [5.74, 6) is -1.82. The zero-order chi connectivity index (χ0) is 22.2. The van der Waals surface area contributed by atoms with Gasteiger partial charge in [0.1, 0.15) is 12.1 Å². The molecule has 0 bridgehead atoms. The standard InChI is InChI=1S/C21H21FN6O3/c1-2-3-6-14-9-11-15(12-10-14)25-19-18(28(30)31)20(24-13-23-19)26-27-21(29)16-7-4-5-8-17(16)22/h4-5,7-13H,2-3,6H2,1H3,(H,27,29)(H2,23,24,25,26). The van der Waals surface area contributed by atoms with Gasteiger partial charge in [-0.25, -0.2) is 14.4 Å². The molecule has 0 aliphatic rings. The van der Waals surface area contributed by atoms with E-state index in [1.165, 1.54) is 23.8 Å². The molecule has 2 aromatic carbocycles. The molecule has 9 nitrogen and oxygen atoms in total. The van der Waals surface area contributed by atoms with Crippen LogP contribution in [0.15, 0.2) is 54.9 Å². The van der Waals surface area contributed by atoms with Gasteiger partial charge in [0.05, 0.1) is 10.5 Å². The van der Waals surface area contributed by atoms with E-state index in [0.717, 1.165) is 31.7 Å². The van der Waals surface area contributed by atoms with E-state index in [1.807, 2.05) is 24.3 Å². The number of hydrogen-bond donors (Lipinski definition) is 3. The van der Waals surface area contributed by atoms with Crippen LogP contribution in [0.1, 0.15) is 35.7 Å². The quantitative estimate of drug-likeness (QED) is 0.344. The first kappa shape index (κ1) is 21.6. The van der Waals surface area contributed by atoms with Crippen molar-refractivity contribution in [2.45, 2.75) is 26.2 Å². The number of carbonyl (C=O) groups excluding carboxylic acids is 1. The molecule has 0 atom stereocenters. The maximum absolute atomic E-state index is 13.7. The normalized spacial score (nSPS) is 10.4. The first-order chi connectivity index (χ1) is 15.0. The van der Waals surface area contributed by atoms with Gasteiger partial charge in [-0.1, -0.05) is 37.6 Å². The molecule has 0 unspecified atom stereocenters. The molecule has 1 amide bonds. The van der Waals surface area contributed by atoms with Crippen molar-refractivity contribution in [1.82, 2.24) is 15.4 Å². The maximum Gasteiger partial charge on any atom is 0.355 e. The lowest BCUT2D eigenvalue weighted by atomic mass is 10.1. The summed E-state index contributed by atoms with van der Waals surface area (Å²) in [5, 5.41) is 14.5. The number of nitrogens with zero attached hydrogens (tertiary/aromatic N) is 3. The highest BCUT2D eigenvalue weighted by Gasteiger charge is 2.24. The summed E-state index contributed by atoms with van der Waals surface area (Å²) in [4.78, 5) is 30.9. The van der Waals surface area contributed by atoms with Crippen LogP contribution in [-0.4, -0.2) is 20.8 Å². The number of anilines is 3. The molecule has 31 heavy (non-hydrogen) atoms. The Labute approximate surface area is 177 Å². The van der Waals surface area contributed by atoms with Crippen LogP contribution in [0, 0.1) is 15.9 Å². The molecular formula is C21H21FN6O3. The molecule has 0 aliphatic heterocycles. The van der Waals surface area contributed by atoms with Gasteiger partial charge in [-0.15, -0.1) is 0 Å². The van der Waals surface area contributed by atoms with Crippen LogP contribution < -0.4 is 16.2 Å². The minimum absolute atomic E-state index is 0.0519. The first-order valence-corrected chi connectivity index (χ1v) is 9.65. The second-order valence-corrected chi connectivity index (χ2v) is 6.66. The Kier molecular flexibility index (Phi) is 7.05. The maximum atomic E-state index is 13.7. The smallest absolute Gasteiger partial charge is 0.334 e. The van der Waals surface area contributed by atoms with Gasteiger partial charge >= 0.3 is 5.69 Å². The van der Waals surface area contributed by atoms with Crippen molar-refractivity contribution in [3.63, 3.8) is 0 Å². The van der Waals surface area contributed by atoms with Crippen molar-refractivity contribution in [2.24, 2.45) is 0 Å². The number of halogens is 1. The lowest BCUT2D eigenvalue weighted by molar-refractivity contribution is -0.383. The molecule has 160 valence electrons. The molecule has 0 spiro atoms. The number of amides is 1. The zero-order valence-corrected chi connectivity index (χ0v) is 16.8. The third-order valence-corrected chi connectivity index (χ3v) is 4.45. The first-order valence-electron chi connectivity index (χ1n) is 9.65. The van der Waals surface area contributed by atoms with Crippen LogP contribution in [-0.2, 0) is 6.42 Å². The molecule has 0 aliphatic carbocycles. The number of hydrazine groups is 1. The molecular weight excluding hydrogens is 403 g/mol. The molecule has 3 N–H and O–H groups in total. The molecule has 0 saturated heterocycles. The number of aryl methyl sites for hydroxylation is 1. The van der Waals surface area contributed by atoms with Gasteiger partial charge in [-0.05, 0) is 42.7 Å². The molecule has 10 heteroatoms. The van der Waals surface area contributed by atoms with Crippen LogP contribution in [0.5, 0.6) is 0 Å². The number of hydrogen-bond acceptors (Lipinski definition) is 7. The lowest BCUT2D eigenvalue weighted by Gasteiger charge is -2.11. The summed E-state index contributed by atoms with van der Waals surface area (Å²) in [6.07, 6.45) is 4.25. The van der Waals surface area contributed by atoms with Gasteiger partial charge in [-0.3, -0.25) is 25.8 Å². The molecule has 0 radical (unpaired) electrons. The van der Waals surface area contributed by atoms with Gasteiger partial charge < -0.3 is 5.32 Å². The average molecular weight is 424 g/mol. The van der Waals surface area contributed by atoms with E-state index in [4.69, 9.17) is 0 Å². The van der Waals surface area contributed by atoms with Crippen LogP contribution in [0.2, 0.25) is 0 Å². The minimum atomic E-state index is -0.803. The fourth-order valence-electron chi connectivity index (χ4n) is 2.84. The minimum Gasteiger partial charge on any atom is -0.334 e. The van der Waals surface area contributed by atoms with Crippen molar-refractivity contribution < 1.29 is 14.1 Å². The molecule has 3 rings (SSSR count). The molecule has 3 aromatic rings. The molecule has 0 saturated carbocycles. The largest absolute Gasteiger partial charge is 0.355 e. The molecule has 1 heterocycles. The van der Waals surface area contributed by atoms with Crippen molar-refractivity contribution in [3.8, 4) is 0 Å². The van der Waals surface area contributed by atoms with Crippen LogP contribution in [0.3, 0.4) is 0 Å². The van der Waals surface area contributed by atoms with Crippen LogP contribution in [0.4, 0.5) is 27.4 Å². The Morgan fingerprint density at radius 1 is 1.10 bits per heavy atom. The number of unbranched alkanes of at least 4 members (excludes halogenated alkanes) is 1. The van der Waals surface area contributed by atoms with Gasteiger partial charge in [0, 0.05) is 5.69 Å². The highest BCUT2D eigenvalue weighted by molar-refractivity contribution is 5.95. The van der Waals surface area contributed by atoms with Gasteiger partial charge in [0.25, 0.3) is 5.91 Å². The predicted octanol–water partition coefficient (Wildman–Crippen LogP) is 4.37. The van der Waals surface area contributed by atoms with Gasteiger partial charge in [0.15, 0.2) is 0 Å². The monoisotopic (exact) mass is 424 g/mol. The Morgan fingerprint density at radius 3 is 2.48 bits per heavy atom. The van der Waals surface area contributed by atoms with Gasteiger partial charge in [-0.2, -0.15) is 0 Å². The van der Waals surface area contributed by atoms with Crippen molar-refractivity contribution in [2.75, 3.05) is 10.7 Å². The Hall–Kier alpha value is -4.08. The molecule has 0 fully saturated rings. The summed E-state index contributed by atoms with van der Waals surface area (Å²) in [6, 6.07) is 12.9. The van der Waals surface area contributed by atoms with Crippen LogP contribution in [0.25, 0.3) is 0 Å². The number of nitrogens with one attached hydrogen (secondary N) is 3. The van der Waals surface area contributed by atoms with Gasteiger partial charge in [0.2, 0.25) is 11.6 Å². The van der Waals surface area contributed by atoms with E-state index in [-0.39, 0.29) is 17.2 Å². The summed E-state index contributed by atoms with van der Waals surface area (Å²) in [7, 11) is 0. The average Bonchev–Trinajstić information content (AvgIpc) is 2.77. The summed E-state index contributed by atoms with van der Waals surface area (Å²) < 4.78 is 13.7. The topological polar surface area (TPSA) is 122 Å². The Balaban J connectivity index is 1.77. The van der Waals surface area contributed by atoms with Crippen LogP contribution >= 0.6 is 0 Å². The highest BCUT2D eigenvalue weighted by Crippen LogP contribution is 2.30. The SMILES string of the molecule is CCCCc1ccc(Nc2ncnc(NNC(=O)c3ccccc3F)c2[N+](=O)[O-])cc1. The highest BCUT2D eigenvalue weighted by atomic mass is 19.1. The third-order valence-electron chi connectivity index (χ3n) is 4.45. The number of aromatic nitrogens is 2. The number of nitro groups is 1. The van der Waals surface area contributed by atoms with E-state index in [2.05, 4.69) is 33.1 Å². The van der Waals surface area contributed by atoms with Crippen molar-refractivity contribution in [1.29, 1.82) is 0 Å². The van der Waals surface area contributed by atoms with Crippen molar-refractivity contribution in [3.05, 3.63) is 81.9 Å². The number of benzene rings is 2. The fourth-order valence-corrected chi connectivity index (χ4v) is 2.84. The summed E-state index contributed by atoms with van der Waals surface area (Å²) in [6.45, 7) is 2.12. The van der Waals surface area contributed by atoms with E-state index in [0.29, 0.717) is 5.69 Å². The fraction of sp³-hybridized carbons (Fsp3) is 0.190.